The van der Waals surface area contributed by atoms with Crippen LogP contribution in [0.5, 0.6) is 17.6 Å². The van der Waals surface area contributed by atoms with Gasteiger partial charge in [0.05, 0.1) is 37.6 Å². The lowest BCUT2D eigenvalue weighted by molar-refractivity contribution is -0.141. The van der Waals surface area contributed by atoms with Gasteiger partial charge in [0.1, 0.15) is 22.9 Å². The molecule has 4 heterocycles. The van der Waals surface area contributed by atoms with E-state index in [4.69, 9.17) is 30.8 Å². The largest absolute Gasteiger partial charge is 0.481 e. The summed E-state index contributed by atoms with van der Waals surface area (Å²) in [5.74, 6) is -0.0935. The van der Waals surface area contributed by atoms with Crippen LogP contribution in [0.2, 0.25) is 5.02 Å². The number of benzene rings is 2. The average molecular weight is 738 g/mol. The van der Waals surface area contributed by atoms with E-state index in [-0.39, 0.29) is 29.9 Å². The first-order valence-corrected chi connectivity index (χ1v) is 18.0. The number of nitriles is 1. The van der Waals surface area contributed by atoms with E-state index in [1.54, 1.807) is 26.5 Å². The average Bonchev–Trinajstić information content (AvgIpc) is 3.92. The number of amides is 1. The van der Waals surface area contributed by atoms with Crippen molar-refractivity contribution in [3.63, 3.8) is 0 Å². The van der Waals surface area contributed by atoms with Crippen molar-refractivity contribution in [2.45, 2.75) is 57.3 Å². The predicted molar refractivity (Wildman–Crippen MR) is 196 cm³/mol. The SMILES string of the molecule is COc1nc(O[C@H]2CCc3c(-c4cccc(-c5cnc(CNC[C@@H]6CCC(=O)N6)c(OC)n5)c4C#N)cccc32)c(Cl)cc1CN1CC[C@@H](C(=O)O)C1. The smallest absolute Gasteiger partial charge is 0.307 e. The third kappa shape index (κ3) is 7.62. The van der Waals surface area contributed by atoms with Gasteiger partial charge in [0.25, 0.3) is 0 Å². The van der Waals surface area contributed by atoms with Gasteiger partial charge < -0.3 is 30.0 Å². The maximum atomic E-state index is 11.5. The van der Waals surface area contributed by atoms with Crippen LogP contribution in [0, 0.1) is 17.2 Å². The van der Waals surface area contributed by atoms with E-state index < -0.39 is 5.97 Å². The number of carbonyl (C=O) groups excluding carboxylic acids is 1. The molecule has 0 unspecified atom stereocenters. The summed E-state index contributed by atoms with van der Waals surface area (Å²) in [5, 5.41) is 26.5. The summed E-state index contributed by atoms with van der Waals surface area (Å²) in [6.07, 6.45) is 4.68. The number of nitrogens with zero attached hydrogens (tertiary/aromatic N) is 5. The molecule has 3 N–H and O–H groups in total. The number of methoxy groups -OCH3 is 2. The molecule has 3 aliphatic rings. The van der Waals surface area contributed by atoms with Crippen molar-refractivity contribution >= 4 is 23.5 Å². The molecule has 2 aliphatic heterocycles. The number of aromatic nitrogens is 3. The Bertz CT molecular complexity index is 2090. The van der Waals surface area contributed by atoms with Crippen molar-refractivity contribution in [3.8, 4) is 46.1 Å². The highest BCUT2D eigenvalue weighted by molar-refractivity contribution is 6.31. The van der Waals surface area contributed by atoms with Crippen LogP contribution in [0.4, 0.5) is 0 Å². The second-order valence-corrected chi connectivity index (χ2v) is 13.9. The number of rotatable bonds is 13. The molecule has 2 aromatic carbocycles. The maximum absolute atomic E-state index is 11.5. The van der Waals surface area contributed by atoms with E-state index in [9.17, 15) is 20.0 Å². The third-order valence-electron chi connectivity index (χ3n) is 10.2. The van der Waals surface area contributed by atoms with Gasteiger partial charge in [0.2, 0.25) is 23.5 Å². The van der Waals surface area contributed by atoms with Gasteiger partial charge in [-0.05, 0) is 55.0 Å². The Hall–Kier alpha value is -5.29. The molecule has 1 amide bonds. The summed E-state index contributed by atoms with van der Waals surface area (Å²) in [4.78, 5) is 39.0. The van der Waals surface area contributed by atoms with Crippen molar-refractivity contribution in [2.24, 2.45) is 5.92 Å². The Kier molecular flexibility index (Phi) is 10.7. The Morgan fingerprint density at radius 2 is 1.85 bits per heavy atom. The van der Waals surface area contributed by atoms with Crippen molar-refractivity contribution < 1.29 is 28.9 Å². The van der Waals surface area contributed by atoms with Crippen LogP contribution < -0.4 is 24.8 Å². The van der Waals surface area contributed by atoms with E-state index in [1.165, 1.54) is 0 Å². The van der Waals surface area contributed by atoms with Crippen LogP contribution in [0.1, 0.15) is 59.7 Å². The number of likely N-dealkylation sites (tertiary alicyclic amines) is 1. The third-order valence-corrected chi connectivity index (χ3v) is 10.4. The lowest BCUT2D eigenvalue weighted by atomic mass is 9.90. The van der Waals surface area contributed by atoms with Crippen LogP contribution in [0.25, 0.3) is 22.4 Å². The van der Waals surface area contributed by atoms with Crippen molar-refractivity contribution in [2.75, 3.05) is 33.9 Å². The lowest BCUT2D eigenvalue weighted by Crippen LogP contribution is -2.35. The molecule has 3 atom stereocenters. The van der Waals surface area contributed by atoms with Crippen LogP contribution >= 0.6 is 11.6 Å². The number of hydrogen-bond acceptors (Lipinski definition) is 11. The summed E-state index contributed by atoms with van der Waals surface area (Å²) in [7, 11) is 3.08. The molecule has 0 bridgehead atoms. The van der Waals surface area contributed by atoms with Crippen molar-refractivity contribution in [1.29, 1.82) is 5.26 Å². The fourth-order valence-corrected chi connectivity index (χ4v) is 7.75. The first kappa shape index (κ1) is 36.1. The Balaban J connectivity index is 1.10. The minimum atomic E-state index is -0.783. The first-order valence-electron chi connectivity index (χ1n) is 17.7. The molecule has 0 saturated carbocycles. The van der Waals surface area contributed by atoms with Gasteiger partial charge in [-0.25, -0.2) is 4.98 Å². The van der Waals surface area contributed by atoms with Crippen molar-refractivity contribution in [3.05, 3.63) is 81.6 Å². The molecule has 2 saturated heterocycles. The zero-order chi connectivity index (χ0) is 37.1. The number of halogens is 1. The van der Waals surface area contributed by atoms with E-state index >= 15 is 0 Å². The quantitative estimate of drug-likeness (QED) is 0.166. The van der Waals surface area contributed by atoms with Gasteiger partial charge in [-0.1, -0.05) is 48.0 Å². The summed E-state index contributed by atoms with van der Waals surface area (Å²) in [6, 6.07) is 16.0. The molecular formula is C39H40ClN7O6. The van der Waals surface area contributed by atoms with Gasteiger partial charge in [0.15, 0.2) is 0 Å². The summed E-state index contributed by atoms with van der Waals surface area (Å²) in [5.41, 5.74) is 6.81. The molecule has 4 aromatic rings. The van der Waals surface area contributed by atoms with E-state index in [0.717, 1.165) is 40.7 Å². The Labute approximate surface area is 312 Å². The van der Waals surface area contributed by atoms with Crippen molar-refractivity contribution in [1.82, 2.24) is 30.5 Å². The van der Waals surface area contributed by atoms with Gasteiger partial charge in [0, 0.05) is 55.3 Å². The molecule has 0 spiro atoms. The first-order chi connectivity index (χ1) is 25.8. The van der Waals surface area contributed by atoms with Crippen LogP contribution in [0.15, 0.2) is 48.7 Å². The van der Waals surface area contributed by atoms with Crippen LogP contribution in [-0.2, 0) is 29.1 Å². The van der Waals surface area contributed by atoms with Crippen LogP contribution in [-0.4, -0.2) is 76.7 Å². The topological polar surface area (TPSA) is 172 Å². The Morgan fingerprint density at radius 1 is 1.06 bits per heavy atom. The Morgan fingerprint density at radius 3 is 2.58 bits per heavy atom. The molecular weight excluding hydrogens is 698 g/mol. The molecule has 7 rings (SSSR count). The molecule has 53 heavy (non-hydrogen) atoms. The highest BCUT2D eigenvalue weighted by Crippen LogP contribution is 2.43. The summed E-state index contributed by atoms with van der Waals surface area (Å²) >= 11 is 6.73. The van der Waals surface area contributed by atoms with Gasteiger partial charge in [-0.2, -0.15) is 10.2 Å². The number of carboxylic acid groups (broad SMARTS) is 1. The van der Waals surface area contributed by atoms with Gasteiger partial charge >= 0.3 is 5.97 Å². The predicted octanol–water partition coefficient (Wildman–Crippen LogP) is 5.09. The highest BCUT2D eigenvalue weighted by atomic mass is 35.5. The van der Waals surface area contributed by atoms with E-state index in [2.05, 4.69) is 31.6 Å². The molecule has 2 aromatic heterocycles. The number of aliphatic carboxylic acids is 1. The number of pyridine rings is 1. The lowest BCUT2D eigenvalue weighted by Gasteiger charge is -2.20. The number of hydrogen-bond donors (Lipinski definition) is 3. The standard InChI is InChI=1S/C39H40ClN7O6/c1-51-36-23(21-47-14-13-22(20-47)39(49)50)15-31(40)37(46-36)53-34-11-10-27-25(5-4-8-29(27)34)26-6-3-7-28(30(26)16-41)32-19-43-33(38(45-32)52-2)18-42-17-24-9-12-35(48)44-24/h3-8,15,19,22,24,34,42H,9-14,17-18,20-21H2,1-2H3,(H,44,48)(H,49,50)/t22-,24+,34+/m1/s1. The number of carboxylic acids is 1. The number of carbonyl (C=O) groups is 2. The fourth-order valence-electron chi connectivity index (χ4n) is 7.53. The summed E-state index contributed by atoms with van der Waals surface area (Å²) in [6.45, 7) is 2.63. The fraction of sp³-hybridized carbons (Fsp3) is 0.385. The van der Waals surface area contributed by atoms with Crippen LogP contribution in [0.3, 0.4) is 0 Å². The minimum absolute atomic E-state index is 0.0709. The normalized spacial score (nSPS) is 19.4. The van der Waals surface area contributed by atoms with E-state index in [0.29, 0.717) is 91.3 Å². The highest BCUT2D eigenvalue weighted by Gasteiger charge is 2.31. The molecule has 274 valence electrons. The molecule has 13 nitrogen and oxygen atoms in total. The zero-order valence-corrected chi connectivity index (χ0v) is 30.3. The number of fused-ring (bicyclic) bond motifs is 1. The minimum Gasteiger partial charge on any atom is -0.481 e. The zero-order valence-electron chi connectivity index (χ0n) is 29.5. The second kappa shape index (κ2) is 15.8. The van der Waals surface area contributed by atoms with Gasteiger partial charge in [-0.15, -0.1) is 0 Å². The number of nitrogens with one attached hydrogen (secondary N) is 2. The second-order valence-electron chi connectivity index (χ2n) is 13.5. The monoisotopic (exact) mass is 737 g/mol. The van der Waals surface area contributed by atoms with Gasteiger partial charge in [-0.3, -0.25) is 19.5 Å². The summed E-state index contributed by atoms with van der Waals surface area (Å²) < 4.78 is 17.7. The van der Waals surface area contributed by atoms with E-state index in [1.807, 2.05) is 36.4 Å². The maximum Gasteiger partial charge on any atom is 0.307 e. The molecule has 14 heteroatoms. The molecule has 2 fully saturated rings. The molecule has 1 aliphatic carbocycles. The number of ether oxygens (including phenoxy) is 3. The molecule has 0 radical (unpaired) electrons.